The summed E-state index contributed by atoms with van der Waals surface area (Å²) in [4.78, 5) is 28.3. The van der Waals surface area contributed by atoms with E-state index in [-0.39, 0.29) is 29.9 Å². The quantitative estimate of drug-likeness (QED) is 0.567. The highest BCUT2D eigenvalue weighted by atomic mass is 35.5. The molecular weight excluding hydrogens is 409 g/mol. The van der Waals surface area contributed by atoms with Gasteiger partial charge in [0.25, 0.3) is 0 Å². The topological polar surface area (TPSA) is 92.8 Å². The van der Waals surface area contributed by atoms with Gasteiger partial charge in [0.05, 0.1) is 23.2 Å². The maximum absolute atomic E-state index is 14.5. The van der Waals surface area contributed by atoms with Crippen molar-refractivity contribution in [3.63, 3.8) is 0 Å². The van der Waals surface area contributed by atoms with Crippen molar-refractivity contribution in [2.24, 2.45) is 5.92 Å². The molecule has 2 atom stereocenters. The van der Waals surface area contributed by atoms with Crippen molar-refractivity contribution in [1.82, 2.24) is 19.9 Å². The number of pyridine rings is 1. The Kier molecular flexibility index (Phi) is 5.85. The van der Waals surface area contributed by atoms with Gasteiger partial charge in [-0.2, -0.15) is 0 Å². The maximum Gasteiger partial charge on any atom is 0.311 e. The van der Waals surface area contributed by atoms with Crippen molar-refractivity contribution in [2.75, 3.05) is 5.32 Å². The number of carbonyl (C=O) groups excluding carboxylic acids is 1. The fraction of sp³-hybridized carbons (Fsp3) is 0.429. The Labute approximate surface area is 178 Å². The molecule has 7 nitrogen and oxygen atoms in total. The summed E-state index contributed by atoms with van der Waals surface area (Å²) in [5.41, 5.74) is 1.31. The van der Waals surface area contributed by atoms with E-state index in [0.29, 0.717) is 28.5 Å². The van der Waals surface area contributed by atoms with E-state index < -0.39 is 5.82 Å². The Morgan fingerprint density at radius 2 is 2.10 bits per heavy atom. The number of fused-ring (bicyclic) bond motifs is 1. The Morgan fingerprint density at radius 1 is 1.30 bits per heavy atom. The number of esters is 1. The highest BCUT2D eigenvalue weighted by Gasteiger charge is 2.33. The summed E-state index contributed by atoms with van der Waals surface area (Å²) in [6, 6.07) is 1.51. The molecule has 0 aromatic carbocycles. The van der Waals surface area contributed by atoms with Crippen LogP contribution in [-0.2, 0) is 9.53 Å². The second-order valence-electron chi connectivity index (χ2n) is 7.77. The molecule has 0 amide bonds. The number of hydrogen-bond donors (Lipinski definition) is 2. The van der Waals surface area contributed by atoms with Gasteiger partial charge in [-0.05, 0) is 32.8 Å². The lowest BCUT2D eigenvalue weighted by Gasteiger charge is -2.31. The molecule has 1 fully saturated rings. The molecule has 0 bridgehead atoms. The summed E-state index contributed by atoms with van der Waals surface area (Å²) < 4.78 is 19.9. The smallest absolute Gasteiger partial charge is 0.311 e. The highest BCUT2D eigenvalue weighted by molar-refractivity contribution is 6.31. The summed E-state index contributed by atoms with van der Waals surface area (Å²) in [5.74, 6) is -0.759. The van der Waals surface area contributed by atoms with Crippen LogP contribution in [0.2, 0.25) is 5.02 Å². The number of nitrogens with zero attached hydrogens (tertiary/aromatic N) is 3. The van der Waals surface area contributed by atoms with E-state index in [1.807, 2.05) is 13.8 Å². The van der Waals surface area contributed by atoms with Gasteiger partial charge >= 0.3 is 5.97 Å². The van der Waals surface area contributed by atoms with Crippen molar-refractivity contribution in [3.05, 3.63) is 35.5 Å². The molecule has 3 aromatic rings. The molecule has 1 aliphatic rings. The van der Waals surface area contributed by atoms with E-state index in [1.54, 1.807) is 18.5 Å². The van der Waals surface area contributed by atoms with Gasteiger partial charge in [0.2, 0.25) is 0 Å². The zero-order chi connectivity index (χ0) is 21.3. The molecule has 2 N–H and O–H groups in total. The van der Waals surface area contributed by atoms with Crippen molar-refractivity contribution >= 4 is 34.4 Å². The van der Waals surface area contributed by atoms with Crippen LogP contribution in [0.25, 0.3) is 22.4 Å². The predicted molar refractivity (Wildman–Crippen MR) is 113 cm³/mol. The van der Waals surface area contributed by atoms with Crippen LogP contribution in [0.4, 0.5) is 10.2 Å². The Balaban J connectivity index is 1.63. The highest BCUT2D eigenvalue weighted by Crippen LogP contribution is 2.31. The molecular formula is C21H23ClFN5O2. The van der Waals surface area contributed by atoms with Crippen molar-refractivity contribution in [3.8, 4) is 11.4 Å². The predicted octanol–water partition coefficient (Wildman–Crippen LogP) is 4.73. The molecule has 3 heterocycles. The Hall–Kier alpha value is -2.74. The van der Waals surface area contributed by atoms with Crippen LogP contribution in [0.1, 0.15) is 39.5 Å². The molecule has 0 unspecified atom stereocenters. The molecule has 1 saturated carbocycles. The average Bonchev–Trinajstić information content (AvgIpc) is 3.12. The number of H-pyrrole nitrogens is 1. The minimum absolute atomic E-state index is 0.0681. The first-order valence-electron chi connectivity index (χ1n) is 10.0. The third-order valence-corrected chi connectivity index (χ3v) is 5.43. The van der Waals surface area contributed by atoms with Crippen molar-refractivity contribution in [2.45, 2.75) is 51.7 Å². The third-order valence-electron chi connectivity index (χ3n) is 5.23. The molecule has 0 saturated heterocycles. The minimum Gasteiger partial charge on any atom is -0.463 e. The molecule has 0 aliphatic heterocycles. The summed E-state index contributed by atoms with van der Waals surface area (Å²) in [6.45, 7) is 3.64. The van der Waals surface area contributed by atoms with Crippen LogP contribution >= 0.6 is 11.6 Å². The van der Waals surface area contributed by atoms with Gasteiger partial charge in [-0.3, -0.25) is 4.79 Å². The largest absolute Gasteiger partial charge is 0.463 e. The Morgan fingerprint density at radius 3 is 2.90 bits per heavy atom. The SMILES string of the molecule is CC(C)OC(=O)[C@H]1CCCC[C@@H]1Nc1nc(-c2c[nH]c3ncc(Cl)cc23)ncc1F. The summed E-state index contributed by atoms with van der Waals surface area (Å²) >= 11 is 6.07. The number of rotatable bonds is 5. The van der Waals surface area contributed by atoms with Crippen LogP contribution in [0.15, 0.2) is 24.7 Å². The molecule has 9 heteroatoms. The van der Waals surface area contributed by atoms with E-state index in [0.717, 1.165) is 30.8 Å². The summed E-state index contributed by atoms with van der Waals surface area (Å²) in [5, 5.41) is 4.37. The lowest BCUT2D eigenvalue weighted by atomic mass is 9.84. The van der Waals surface area contributed by atoms with Crippen LogP contribution in [0, 0.1) is 11.7 Å². The number of aromatic nitrogens is 4. The first-order chi connectivity index (χ1) is 14.4. The van der Waals surface area contributed by atoms with Crippen molar-refractivity contribution in [1.29, 1.82) is 0 Å². The van der Waals surface area contributed by atoms with E-state index >= 15 is 0 Å². The van der Waals surface area contributed by atoms with Crippen molar-refractivity contribution < 1.29 is 13.9 Å². The number of ether oxygens (including phenoxy) is 1. The summed E-state index contributed by atoms with van der Waals surface area (Å²) in [7, 11) is 0. The van der Waals surface area contributed by atoms with Crippen LogP contribution in [0.5, 0.6) is 0 Å². The first kappa shape index (κ1) is 20.5. The lowest BCUT2D eigenvalue weighted by molar-refractivity contribution is -0.153. The third kappa shape index (κ3) is 4.23. The monoisotopic (exact) mass is 431 g/mol. The molecule has 3 aromatic heterocycles. The lowest BCUT2D eigenvalue weighted by Crippen LogP contribution is -2.39. The minimum atomic E-state index is -0.573. The number of nitrogens with one attached hydrogen (secondary N) is 2. The average molecular weight is 432 g/mol. The molecule has 30 heavy (non-hydrogen) atoms. The van der Waals surface area contributed by atoms with Gasteiger partial charge in [0.15, 0.2) is 17.5 Å². The van der Waals surface area contributed by atoms with E-state index in [4.69, 9.17) is 16.3 Å². The van der Waals surface area contributed by atoms with E-state index in [9.17, 15) is 9.18 Å². The van der Waals surface area contributed by atoms with Gasteiger partial charge < -0.3 is 15.0 Å². The van der Waals surface area contributed by atoms with Gasteiger partial charge in [-0.15, -0.1) is 0 Å². The standard InChI is InChI=1S/C21H23ClFN5O2/c1-11(2)30-21(29)13-5-3-4-6-17(13)27-20-16(23)10-26-19(28-20)15-9-25-18-14(15)7-12(22)8-24-18/h7-11,13,17H,3-6H2,1-2H3,(H,24,25)(H,26,27,28)/t13-,17-/m0/s1. The van der Waals surface area contributed by atoms with Crippen LogP contribution < -0.4 is 5.32 Å². The number of halogens is 2. The molecule has 0 spiro atoms. The van der Waals surface area contributed by atoms with Gasteiger partial charge in [-0.1, -0.05) is 24.4 Å². The number of aromatic amines is 1. The molecule has 0 radical (unpaired) electrons. The second kappa shape index (κ2) is 8.55. The zero-order valence-electron chi connectivity index (χ0n) is 16.8. The number of hydrogen-bond acceptors (Lipinski definition) is 6. The Bertz CT molecular complexity index is 1070. The van der Waals surface area contributed by atoms with Crippen LogP contribution in [-0.4, -0.2) is 38.1 Å². The maximum atomic E-state index is 14.5. The normalized spacial score (nSPS) is 19.2. The summed E-state index contributed by atoms with van der Waals surface area (Å²) in [6.07, 6.45) is 7.54. The number of carbonyl (C=O) groups is 1. The van der Waals surface area contributed by atoms with Gasteiger partial charge in [0, 0.05) is 29.4 Å². The number of anilines is 1. The first-order valence-corrected chi connectivity index (χ1v) is 10.4. The molecule has 158 valence electrons. The van der Waals surface area contributed by atoms with Gasteiger partial charge in [-0.25, -0.2) is 19.3 Å². The molecule has 1 aliphatic carbocycles. The van der Waals surface area contributed by atoms with Crippen LogP contribution in [0.3, 0.4) is 0 Å². The van der Waals surface area contributed by atoms with E-state index in [1.165, 1.54) is 0 Å². The fourth-order valence-corrected chi connectivity index (χ4v) is 4.00. The van der Waals surface area contributed by atoms with Gasteiger partial charge in [0.1, 0.15) is 5.65 Å². The molecule has 4 rings (SSSR count). The zero-order valence-corrected chi connectivity index (χ0v) is 17.5. The van der Waals surface area contributed by atoms with E-state index in [2.05, 4.69) is 25.3 Å². The fourth-order valence-electron chi connectivity index (χ4n) is 3.84. The second-order valence-corrected chi connectivity index (χ2v) is 8.21.